The van der Waals surface area contributed by atoms with Gasteiger partial charge in [-0.05, 0) is 49.0 Å². The Morgan fingerprint density at radius 2 is 1.88 bits per heavy atom. The van der Waals surface area contributed by atoms with Crippen molar-refractivity contribution in [3.63, 3.8) is 0 Å². The molecule has 2 aliphatic heterocycles. The summed E-state index contributed by atoms with van der Waals surface area (Å²) in [6, 6.07) is 1.73. The van der Waals surface area contributed by atoms with Gasteiger partial charge < -0.3 is 9.80 Å². The van der Waals surface area contributed by atoms with E-state index in [1.54, 1.807) is 12.3 Å². The van der Waals surface area contributed by atoms with Gasteiger partial charge in [0, 0.05) is 38.3 Å². The van der Waals surface area contributed by atoms with E-state index in [9.17, 15) is 9.59 Å². The van der Waals surface area contributed by atoms with Crippen LogP contribution in [0.4, 0.5) is 0 Å². The molecule has 3 heterocycles. The zero-order chi connectivity index (χ0) is 18.3. The van der Waals surface area contributed by atoms with Gasteiger partial charge in [0.25, 0.3) is 5.91 Å². The first-order valence-electron chi connectivity index (χ1n) is 10.1. The Bertz CT molecular complexity index is 657. The average Bonchev–Trinajstić information content (AvgIpc) is 3.39. The number of amides is 2. The molecule has 0 aromatic carbocycles. The first-order chi connectivity index (χ1) is 12.5. The molecule has 3 fully saturated rings. The highest BCUT2D eigenvalue weighted by Crippen LogP contribution is 2.40. The minimum atomic E-state index is 0.0291. The number of H-pyrrole nitrogens is 1. The lowest BCUT2D eigenvalue weighted by atomic mass is 9.85. The van der Waals surface area contributed by atoms with Crippen LogP contribution < -0.4 is 0 Å². The Kier molecular flexibility index (Phi) is 4.76. The topological polar surface area (TPSA) is 69.3 Å². The Labute approximate surface area is 155 Å². The molecule has 2 saturated heterocycles. The van der Waals surface area contributed by atoms with Crippen molar-refractivity contribution in [2.45, 2.75) is 39.5 Å². The Morgan fingerprint density at radius 3 is 2.62 bits per heavy atom. The van der Waals surface area contributed by atoms with Crippen molar-refractivity contribution in [1.29, 1.82) is 0 Å². The number of carbonyl (C=O) groups excluding carboxylic acids is 2. The van der Waals surface area contributed by atoms with Crippen LogP contribution in [-0.4, -0.2) is 58.0 Å². The van der Waals surface area contributed by atoms with E-state index in [0.717, 1.165) is 39.0 Å². The highest BCUT2D eigenvalue weighted by Gasteiger charge is 2.44. The highest BCUT2D eigenvalue weighted by molar-refractivity contribution is 5.92. The third-order valence-corrected chi connectivity index (χ3v) is 6.87. The van der Waals surface area contributed by atoms with Gasteiger partial charge in [-0.3, -0.25) is 14.7 Å². The normalized spacial score (nSPS) is 31.5. The Morgan fingerprint density at radius 1 is 1.12 bits per heavy atom. The van der Waals surface area contributed by atoms with Crippen molar-refractivity contribution in [1.82, 2.24) is 20.0 Å². The molecule has 1 aromatic heterocycles. The molecule has 1 aromatic rings. The van der Waals surface area contributed by atoms with Crippen molar-refractivity contribution in [2.75, 3.05) is 26.2 Å². The number of carbonyl (C=O) groups is 2. The first kappa shape index (κ1) is 17.6. The van der Waals surface area contributed by atoms with Gasteiger partial charge in [-0.15, -0.1) is 0 Å². The van der Waals surface area contributed by atoms with Crippen molar-refractivity contribution >= 4 is 11.8 Å². The summed E-state index contributed by atoms with van der Waals surface area (Å²) in [5.74, 6) is 2.71. The minimum Gasteiger partial charge on any atom is -0.342 e. The summed E-state index contributed by atoms with van der Waals surface area (Å²) in [6.45, 7) is 7.73. The molecule has 4 atom stereocenters. The molecule has 0 unspecified atom stereocenters. The van der Waals surface area contributed by atoms with E-state index < -0.39 is 0 Å². The van der Waals surface area contributed by atoms with E-state index in [4.69, 9.17) is 0 Å². The molecular formula is C20H30N4O2. The fraction of sp³-hybridized carbons (Fsp3) is 0.750. The summed E-state index contributed by atoms with van der Waals surface area (Å²) in [6.07, 6.45) is 6.04. The van der Waals surface area contributed by atoms with Gasteiger partial charge in [-0.2, -0.15) is 5.10 Å². The molecule has 1 saturated carbocycles. The van der Waals surface area contributed by atoms with Crippen LogP contribution in [0.25, 0.3) is 0 Å². The van der Waals surface area contributed by atoms with Crippen LogP contribution in [0.15, 0.2) is 12.3 Å². The summed E-state index contributed by atoms with van der Waals surface area (Å²) in [5.41, 5.74) is 0.556. The molecular weight excluding hydrogens is 328 g/mol. The van der Waals surface area contributed by atoms with E-state index in [1.807, 2.05) is 4.90 Å². The number of likely N-dealkylation sites (tertiary alicyclic amines) is 2. The molecule has 142 valence electrons. The second-order valence-corrected chi connectivity index (χ2v) is 8.72. The summed E-state index contributed by atoms with van der Waals surface area (Å²) >= 11 is 0. The first-order valence-corrected chi connectivity index (χ1v) is 10.1. The number of hydrogen-bond acceptors (Lipinski definition) is 3. The summed E-state index contributed by atoms with van der Waals surface area (Å²) in [7, 11) is 0. The van der Waals surface area contributed by atoms with Gasteiger partial charge >= 0.3 is 0 Å². The number of nitrogens with one attached hydrogen (secondary N) is 1. The number of rotatable bonds is 3. The second-order valence-electron chi connectivity index (χ2n) is 8.72. The molecule has 6 nitrogen and oxygen atoms in total. The average molecular weight is 358 g/mol. The lowest BCUT2D eigenvalue weighted by Crippen LogP contribution is -2.43. The lowest BCUT2D eigenvalue weighted by molar-refractivity contribution is -0.136. The zero-order valence-electron chi connectivity index (χ0n) is 15.9. The molecule has 3 aliphatic rings. The van der Waals surface area contributed by atoms with Gasteiger partial charge in [0.05, 0.1) is 0 Å². The van der Waals surface area contributed by atoms with Gasteiger partial charge in [0.1, 0.15) is 5.69 Å². The monoisotopic (exact) mass is 358 g/mol. The summed E-state index contributed by atoms with van der Waals surface area (Å²) in [5, 5.41) is 6.65. The largest absolute Gasteiger partial charge is 0.342 e. The van der Waals surface area contributed by atoms with E-state index in [-0.39, 0.29) is 11.8 Å². The van der Waals surface area contributed by atoms with Gasteiger partial charge in [-0.25, -0.2) is 0 Å². The third kappa shape index (κ3) is 3.14. The van der Waals surface area contributed by atoms with Crippen LogP contribution in [0.1, 0.15) is 50.0 Å². The van der Waals surface area contributed by atoms with Crippen LogP contribution in [0.2, 0.25) is 0 Å². The lowest BCUT2D eigenvalue weighted by Gasteiger charge is -2.33. The molecule has 1 aliphatic carbocycles. The molecule has 1 N–H and O–H groups in total. The predicted octanol–water partition coefficient (Wildman–Crippen LogP) is 2.40. The van der Waals surface area contributed by atoms with Crippen molar-refractivity contribution in [2.24, 2.45) is 29.6 Å². The molecule has 0 bridgehead atoms. The maximum absolute atomic E-state index is 13.1. The van der Waals surface area contributed by atoms with Gasteiger partial charge in [-0.1, -0.05) is 20.3 Å². The van der Waals surface area contributed by atoms with Crippen molar-refractivity contribution < 1.29 is 9.59 Å². The van der Waals surface area contributed by atoms with Crippen molar-refractivity contribution in [3.8, 4) is 0 Å². The Hall–Kier alpha value is -1.85. The number of aromatic amines is 1. The zero-order valence-corrected chi connectivity index (χ0v) is 15.9. The Balaban J connectivity index is 1.39. The fourth-order valence-electron chi connectivity index (χ4n) is 5.41. The SMILES string of the molecule is CC(C)[C@@H]1CCC[C@H]1C(=O)N1C[C@H]2CN(C(=O)c3ccn[nH]3)CC[C@H]2C1. The van der Waals surface area contributed by atoms with Gasteiger partial charge in [0.2, 0.25) is 5.91 Å². The number of fused-ring (bicyclic) bond motifs is 1. The quantitative estimate of drug-likeness (QED) is 0.902. The number of hydrogen-bond donors (Lipinski definition) is 1. The van der Waals surface area contributed by atoms with Crippen LogP contribution >= 0.6 is 0 Å². The van der Waals surface area contributed by atoms with E-state index in [0.29, 0.717) is 35.3 Å². The van der Waals surface area contributed by atoms with E-state index in [1.165, 1.54) is 12.8 Å². The van der Waals surface area contributed by atoms with Crippen LogP contribution in [-0.2, 0) is 4.79 Å². The molecule has 0 spiro atoms. The molecule has 2 amide bonds. The maximum atomic E-state index is 13.1. The minimum absolute atomic E-state index is 0.0291. The molecule has 0 radical (unpaired) electrons. The maximum Gasteiger partial charge on any atom is 0.271 e. The van der Waals surface area contributed by atoms with Crippen LogP contribution in [0.3, 0.4) is 0 Å². The number of nitrogens with zero attached hydrogens (tertiary/aromatic N) is 3. The second kappa shape index (κ2) is 7.05. The third-order valence-electron chi connectivity index (χ3n) is 6.87. The van der Waals surface area contributed by atoms with E-state index in [2.05, 4.69) is 28.9 Å². The highest BCUT2D eigenvalue weighted by atomic mass is 16.2. The summed E-state index contributed by atoms with van der Waals surface area (Å²) < 4.78 is 0. The van der Waals surface area contributed by atoms with Crippen LogP contribution in [0.5, 0.6) is 0 Å². The smallest absolute Gasteiger partial charge is 0.271 e. The molecule has 4 rings (SSSR count). The summed E-state index contributed by atoms with van der Waals surface area (Å²) in [4.78, 5) is 29.7. The van der Waals surface area contributed by atoms with Gasteiger partial charge in [0.15, 0.2) is 0 Å². The van der Waals surface area contributed by atoms with Crippen molar-refractivity contribution in [3.05, 3.63) is 18.0 Å². The predicted molar refractivity (Wildman–Crippen MR) is 98.3 cm³/mol. The fourth-order valence-corrected chi connectivity index (χ4v) is 5.41. The standard InChI is InChI=1S/C20H30N4O2/c1-13(2)16-4-3-5-17(16)19(25)24-10-14-7-9-23(11-15(14)12-24)20(26)18-6-8-21-22-18/h6,8,13-17H,3-5,7,9-12H2,1-2H3,(H,21,22)/t14-,15+,16-,17+/m0/s1. The number of piperidine rings is 1. The molecule has 6 heteroatoms. The van der Waals surface area contributed by atoms with E-state index >= 15 is 0 Å². The molecule has 26 heavy (non-hydrogen) atoms. The number of aromatic nitrogens is 2. The van der Waals surface area contributed by atoms with Crippen LogP contribution in [0, 0.1) is 29.6 Å².